The Labute approximate surface area is 252 Å². The number of nitrogens with one attached hydrogen (secondary N) is 1. The van der Waals surface area contributed by atoms with E-state index < -0.39 is 24.3 Å². The second-order valence-corrected chi connectivity index (χ2v) is 9.61. The average molecular weight is 647 g/mol. The first-order chi connectivity index (χ1) is 21.0. The van der Waals surface area contributed by atoms with E-state index in [2.05, 4.69) is 51.4 Å². The van der Waals surface area contributed by atoms with E-state index in [4.69, 9.17) is 19.8 Å². The van der Waals surface area contributed by atoms with E-state index in [0.29, 0.717) is 17.3 Å². The first-order valence-corrected chi connectivity index (χ1v) is 13.1. The minimum Gasteiger partial charge on any atom is -0.475 e. The van der Waals surface area contributed by atoms with E-state index in [1.807, 2.05) is 12.1 Å². The molecule has 9 nitrogen and oxygen atoms in total. The molecule has 1 saturated heterocycles. The second-order valence-electron chi connectivity index (χ2n) is 9.61. The van der Waals surface area contributed by atoms with Crippen LogP contribution in [-0.4, -0.2) is 76.5 Å². The summed E-state index contributed by atoms with van der Waals surface area (Å²) in [6, 6.07) is 20.1. The number of piperidine rings is 1. The van der Waals surface area contributed by atoms with Gasteiger partial charge in [0.2, 0.25) is 0 Å². The van der Waals surface area contributed by atoms with Crippen molar-refractivity contribution in [3.8, 4) is 0 Å². The number of carboxylic acids is 2. The maximum Gasteiger partial charge on any atom is 0.490 e. The summed E-state index contributed by atoms with van der Waals surface area (Å²) in [5.74, 6) is -5.29. The molecule has 1 amide bonds. The van der Waals surface area contributed by atoms with Gasteiger partial charge in [0.15, 0.2) is 0 Å². The number of alkyl halides is 6. The highest BCUT2D eigenvalue weighted by molar-refractivity contribution is 6.04. The standard InChI is InChI=1S/C25H27FN4O.2C2HF3O2/c1-29(17-19-6-3-2-4-7-19)23-8-5-15-30(18-23)24-16-22(13-14-27-24)28-25(31)20-9-11-21(26)12-10-20;2*3-2(4,5)1(6)7/h2-4,6-7,9-14,16,23H,5,8,15,17-18H2,1H3,(H,27,28,31);2*(H,6,7). The predicted molar refractivity (Wildman–Crippen MR) is 149 cm³/mol. The van der Waals surface area contributed by atoms with Crippen LogP contribution in [0.2, 0.25) is 0 Å². The average Bonchev–Trinajstić information content (AvgIpc) is 2.98. The summed E-state index contributed by atoms with van der Waals surface area (Å²) in [6.07, 6.45) is -6.20. The van der Waals surface area contributed by atoms with E-state index in [1.165, 1.54) is 29.8 Å². The van der Waals surface area contributed by atoms with Crippen LogP contribution < -0.4 is 10.2 Å². The third kappa shape index (κ3) is 12.8. The molecule has 3 aromatic rings. The van der Waals surface area contributed by atoms with Gasteiger partial charge in [-0.25, -0.2) is 19.0 Å². The summed E-state index contributed by atoms with van der Waals surface area (Å²) in [4.78, 5) is 39.5. The molecule has 3 N–H and O–H groups in total. The van der Waals surface area contributed by atoms with Gasteiger partial charge in [0.1, 0.15) is 11.6 Å². The normalized spacial score (nSPS) is 14.8. The number of hydrogen-bond acceptors (Lipinski definition) is 6. The van der Waals surface area contributed by atoms with Gasteiger partial charge in [0.05, 0.1) is 0 Å². The summed E-state index contributed by atoms with van der Waals surface area (Å²) in [6.45, 7) is 2.75. The van der Waals surface area contributed by atoms with E-state index in [-0.39, 0.29) is 11.7 Å². The fourth-order valence-electron chi connectivity index (χ4n) is 4.00. The van der Waals surface area contributed by atoms with Crippen LogP contribution in [0.1, 0.15) is 28.8 Å². The van der Waals surface area contributed by atoms with E-state index in [9.17, 15) is 35.5 Å². The predicted octanol–water partition coefficient (Wildman–Crippen LogP) is 5.84. The van der Waals surface area contributed by atoms with Crippen LogP contribution in [0.3, 0.4) is 0 Å². The van der Waals surface area contributed by atoms with Crippen LogP contribution >= 0.6 is 0 Å². The maximum atomic E-state index is 13.1. The zero-order chi connectivity index (χ0) is 33.8. The Kier molecular flexibility index (Phi) is 13.3. The summed E-state index contributed by atoms with van der Waals surface area (Å²) in [7, 11) is 2.17. The number of carboxylic acid groups (broad SMARTS) is 2. The van der Waals surface area contributed by atoms with E-state index in [0.717, 1.165) is 38.3 Å². The van der Waals surface area contributed by atoms with Gasteiger partial charge in [-0.05, 0) is 55.8 Å². The van der Waals surface area contributed by atoms with Crippen molar-refractivity contribution in [3.05, 3.63) is 89.9 Å². The maximum absolute atomic E-state index is 13.1. The summed E-state index contributed by atoms with van der Waals surface area (Å²) in [5, 5.41) is 17.1. The molecular weight excluding hydrogens is 617 g/mol. The number of pyridine rings is 1. The van der Waals surface area contributed by atoms with Gasteiger partial charge in [-0.2, -0.15) is 26.3 Å². The van der Waals surface area contributed by atoms with Gasteiger partial charge in [-0.3, -0.25) is 9.69 Å². The number of rotatable bonds is 6. The SMILES string of the molecule is CN(Cc1ccccc1)C1CCCN(c2cc(NC(=O)c3ccc(F)cc3)ccn2)C1.O=C(O)C(F)(F)F.O=C(O)C(F)(F)F. The molecule has 2 heterocycles. The number of anilines is 2. The molecule has 244 valence electrons. The molecule has 1 aliphatic heterocycles. The lowest BCUT2D eigenvalue weighted by Crippen LogP contribution is -2.46. The number of benzene rings is 2. The number of nitrogens with zero attached hydrogens (tertiary/aromatic N) is 3. The first-order valence-electron chi connectivity index (χ1n) is 13.1. The molecule has 1 atom stereocenters. The number of amides is 1. The van der Waals surface area contributed by atoms with Crippen molar-refractivity contribution < 1.29 is 55.3 Å². The molecule has 2 aromatic carbocycles. The monoisotopic (exact) mass is 646 g/mol. The molecule has 4 rings (SSSR count). The molecule has 16 heteroatoms. The van der Waals surface area contributed by atoms with Gasteiger partial charge in [-0.15, -0.1) is 0 Å². The Balaban J connectivity index is 0.000000421. The Morgan fingerprint density at radius 3 is 2.02 bits per heavy atom. The number of hydrogen-bond donors (Lipinski definition) is 3. The van der Waals surface area contributed by atoms with Crippen molar-refractivity contribution >= 4 is 29.4 Å². The van der Waals surface area contributed by atoms with Crippen molar-refractivity contribution in [2.75, 3.05) is 30.4 Å². The molecular formula is C29H29F7N4O5. The van der Waals surface area contributed by atoms with Crippen LogP contribution in [0.4, 0.5) is 42.2 Å². The lowest BCUT2D eigenvalue weighted by Gasteiger charge is -2.38. The van der Waals surface area contributed by atoms with Crippen LogP contribution in [0.15, 0.2) is 72.9 Å². The number of halogens is 7. The highest BCUT2D eigenvalue weighted by Crippen LogP contribution is 2.24. The largest absolute Gasteiger partial charge is 0.490 e. The van der Waals surface area contributed by atoms with Gasteiger partial charge < -0.3 is 20.4 Å². The highest BCUT2D eigenvalue weighted by atomic mass is 19.4. The van der Waals surface area contributed by atoms with Crippen molar-refractivity contribution in [1.29, 1.82) is 0 Å². The van der Waals surface area contributed by atoms with Crippen molar-refractivity contribution in [1.82, 2.24) is 9.88 Å². The van der Waals surface area contributed by atoms with Gasteiger partial charge in [-0.1, -0.05) is 30.3 Å². The van der Waals surface area contributed by atoms with Crippen LogP contribution in [0, 0.1) is 5.82 Å². The molecule has 1 aliphatic rings. The highest BCUT2D eigenvalue weighted by Gasteiger charge is 2.38. The first kappa shape index (κ1) is 36.5. The minimum absolute atomic E-state index is 0.267. The summed E-state index contributed by atoms with van der Waals surface area (Å²) >= 11 is 0. The number of aliphatic carboxylic acids is 2. The molecule has 0 saturated carbocycles. The Morgan fingerprint density at radius 1 is 0.933 bits per heavy atom. The summed E-state index contributed by atoms with van der Waals surface area (Å²) < 4.78 is 76.6. The van der Waals surface area contributed by atoms with E-state index >= 15 is 0 Å². The zero-order valence-corrected chi connectivity index (χ0v) is 23.6. The topological polar surface area (TPSA) is 123 Å². The van der Waals surface area contributed by atoms with Crippen molar-refractivity contribution in [3.63, 3.8) is 0 Å². The number of likely N-dealkylation sites (N-methyl/N-ethyl adjacent to an activating group) is 1. The molecule has 45 heavy (non-hydrogen) atoms. The quantitative estimate of drug-likeness (QED) is 0.286. The van der Waals surface area contributed by atoms with Gasteiger partial charge in [0.25, 0.3) is 5.91 Å². The minimum atomic E-state index is -5.08. The van der Waals surface area contributed by atoms with Crippen LogP contribution in [0.5, 0.6) is 0 Å². The zero-order valence-electron chi connectivity index (χ0n) is 23.6. The third-order valence-corrected chi connectivity index (χ3v) is 6.21. The fraction of sp³-hybridized carbons (Fsp3) is 0.310. The molecule has 0 radical (unpaired) electrons. The van der Waals surface area contributed by atoms with Crippen molar-refractivity contribution in [2.45, 2.75) is 37.8 Å². The smallest absolute Gasteiger partial charge is 0.475 e. The lowest BCUT2D eigenvalue weighted by molar-refractivity contribution is -0.193. The molecule has 1 fully saturated rings. The number of aromatic nitrogens is 1. The van der Waals surface area contributed by atoms with Gasteiger partial charge in [0, 0.05) is 49.2 Å². The Morgan fingerprint density at radius 2 is 1.49 bits per heavy atom. The lowest BCUT2D eigenvalue weighted by atomic mass is 10.0. The summed E-state index contributed by atoms with van der Waals surface area (Å²) in [5.41, 5.74) is 2.41. The second kappa shape index (κ2) is 16.4. The van der Waals surface area contributed by atoms with Crippen LogP contribution in [0.25, 0.3) is 0 Å². The van der Waals surface area contributed by atoms with Gasteiger partial charge >= 0.3 is 24.3 Å². The van der Waals surface area contributed by atoms with Crippen molar-refractivity contribution in [2.24, 2.45) is 0 Å². The molecule has 1 unspecified atom stereocenters. The number of carbonyl (C=O) groups excluding carboxylic acids is 1. The Hall–Kier alpha value is -4.73. The van der Waals surface area contributed by atoms with E-state index in [1.54, 1.807) is 12.3 Å². The third-order valence-electron chi connectivity index (χ3n) is 6.21. The number of carbonyl (C=O) groups is 3. The molecule has 0 aliphatic carbocycles. The van der Waals surface area contributed by atoms with Crippen LogP contribution in [-0.2, 0) is 16.1 Å². The fourth-order valence-corrected chi connectivity index (χ4v) is 4.00. The Bertz CT molecular complexity index is 1380. The molecule has 0 bridgehead atoms. The molecule has 1 aromatic heterocycles. The molecule has 0 spiro atoms.